The van der Waals surface area contributed by atoms with E-state index in [0.29, 0.717) is 18.3 Å². The first-order valence-corrected chi connectivity index (χ1v) is 10.1. The van der Waals surface area contributed by atoms with Gasteiger partial charge in [-0.25, -0.2) is 0 Å². The van der Waals surface area contributed by atoms with Crippen molar-refractivity contribution in [1.29, 1.82) is 0 Å². The fourth-order valence-corrected chi connectivity index (χ4v) is 7.00. The van der Waals surface area contributed by atoms with Crippen LogP contribution in [0.3, 0.4) is 0 Å². The summed E-state index contributed by atoms with van der Waals surface area (Å²) in [5.74, 6) is 2.06. The molecule has 4 rings (SSSR count). The van der Waals surface area contributed by atoms with Gasteiger partial charge >= 0.3 is 0 Å². The van der Waals surface area contributed by atoms with E-state index in [1.165, 1.54) is 24.0 Å². The highest BCUT2D eigenvalue weighted by Gasteiger charge is 2.57. The van der Waals surface area contributed by atoms with Gasteiger partial charge in [0.15, 0.2) is 0 Å². The summed E-state index contributed by atoms with van der Waals surface area (Å²) in [5.41, 5.74) is 4.00. The highest BCUT2D eigenvalue weighted by atomic mass is 16.5. The van der Waals surface area contributed by atoms with Crippen molar-refractivity contribution < 1.29 is 14.7 Å². The predicted octanol–water partition coefficient (Wildman–Crippen LogP) is 4.88. The molecule has 0 unspecified atom stereocenters. The van der Waals surface area contributed by atoms with Gasteiger partial charge in [-0.15, -0.1) is 0 Å². The Morgan fingerprint density at radius 1 is 1.19 bits per heavy atom. The largest absolute Gasteiger partial charge is 0.464 e. The molecule has 2 fully saturated rings. The van der Waals surface area contributed by atoms with Gasteiger partial charge in [0.1, 0.15) is 6.10 Å². The van der Waals surface area contributed by atoms with Crippen LogP contribution in [0.5, 0.6) is 0 Å². The van der Waals surface area contributed by atoms with Crippen LogP contribution in [0.1, 0.15) is 65.7 Å². The first kappa shape index (κ1) is 17.8. The molecule has 0 spiro atoms. The van der Waals surface area contributed by atoms with Crippen molar-refractivity contribution in [3.8, 4) is 0 Å². The number of ether oxygens (including phenoxy) is 1. The number of rotatable bonds is 3. The van der Waals surface area contributed by atoms with Crippen molar-refractivity contribution in [2.75, 3.05) is 0 Å². The van der Waals surface area contributed by atoms with Crippen LogP contribution in [0.15, 0.2) is 28.5 Å². The van der Waals surface area contributed by atoms with E-state index in [0.717, 1.165) is 43.7 Å². The van der Waals surface area contributed by atoms with Gasteiger partial charge in [-0.2, -0.15) is 0 Å². The Morgan fingerprint density at radius 3 is 2.69 bits per heavy atom. The Kier molecular flexibility index (Phi) is 4.28. The van der Waals surface area contributed by atoms with Crippen LogP contribution in [0, 0.1) is 28.6 Å². The quantitative estimate of drug-likeness (QED) is 0.257. The Balaban J connectivity index is 1.61. The minimum atomic E-state index is 0.0698. The summed E-state index contributed by atoms with van der Waals surface area (Å²) < 4.78 is 5.28. The molecule has 0 amide bonds. The molecular formula is C22H31NO3. The van der Waals surface area contributed by atoms with Crippen LogP contribution in [0.2, 0.25) is 0 Å². The number of fused-ring (bicyclic) bond motifs is 5. The van der Waals surface area contributed by atoms with Gasteiger partial charge < -0.3 is 9.94 Å². The maximum atomic E-state index is 10.7. The highest BCUT2D eigenvalue weighted by Crippen LogP contribution is 2.65. The van der Waals surface area contributed by atoms with Crippen LogP contribution in [-0.4, -0.2) is 23.5 Å². The SMILES string of the molecule is C/C(=N\O)C1=CC[C@H]2[C@@H]3CC=C4C[C@@H](OC=O)CC[C@]4(C)[C@H]3CC[C@]12C. The zero-order valence-corrected chi connectivity index (χ0v) is 16.2. The van der Waals surface area contributed by atoms with Crippen LogP contribution >= 0.6 is 0 Å². The average molecular weight is 357 g/mol. The third-order valence-electron chi connectivity index (χ3n) is 8.43. The standard InChI is InChI=1S/C22H31NO3/c1-14(23-25)18-6-7-19-17-5-4-15-12-16(26-13-24)8-10-21(15,2)20(17)9-11-22(18,19)3/h4,6,13,16-17,19-20,25H,5,7-12H2,1-3H3/b23-14+/t16-,17-,19-,20-,21-,22+/m0/s1. The Labute approximate surface area is 156 Å². The Morgan fingerprint density at radius 2 is 1.96 bits per heavy atom. The summed E-state index contributed by atoms with van der Waals surface area (Å²) in [6, 6.07) is 0. The fraction of sp³-hybridized carbons (Fsp3) is 0.727. The summed E-state index contributed by atoms with van der Waals surface area (Å²) in [6.07, 6.45) is 12.6. The summed E-state index contributed by atoms with van der Waals surface area (Å²) in [4.78, 5) is 10.7. The maximum absolute atomic E-state index is 10.7. The van der Waals surface area contributed by atoms with Gasteiger partial charge in [-0.3, -0.25) is 4.79 Å². The van der Waals surface area contributed by atoms with E-state index >= 15 is 0 Å². The van der Waals surface area contributed by atoms with Crippen LogP contribution in [-0.2, 0) is 9.53 Å². The smallest absolute Gasteiger partial charge is 0.293 e. The minimum absolute atomic E-state index is 0.0698. The van der Waals surface area contributed by atoms with E-state index in [1.807, 2.05) is 6.92 Å². The maximum Gasteiger partial charge on any atom is 0.293 e. The summed E-state index contributed by atoms with van der Waals surface area (Å²) in [6.45, 7) is 7.39. The normalized spacial score (nSPS) is 45.0. The minimum Gasteiger partial charge on any atom is -0.464 e. The van der Waals surface area contributed by atoms with Crippen LogP contribution in [0.25, 0.3) is 0 Å². The number of allylic oxidation sites excluding steroid dienone is 3. The molecule has 4 heteroatoms. The molecule has 0 heterocycles. The predicted molar refractivity (Wildman–Crippen MR) is 101 cm³/mol. The molecule has 4 aliphatic rings. The second-order valence-electron chi connectivity index (χ2n) is 9.35. The second-order valence-corrected chi connectivity index (χ2v) is 9.35. The van der Waals surface area contributed by atoms with Crippen molar-refractivity contribution in [3.05, 3.63) is 23.3 Å². The monoisotopic (exact) mass is 357 g/mol. The third kappa shape index (κ3) is 2.40. The van der Waals surface area contributed by atoms with Crippen molar-refractivity contribution in [2.24, 2.45) is 33.7 Å². The molecule has 2 saturated carbocycles. The van der Waals surface area contributed by atoms with E-state index in [1.54, 1.807) is 0 Å². The number of hydrogen-bond acceptors (Lipinski definition) is 4. The lowest BCUT2D eigenvalue weighted by molar-refractivity contribution is -0.135. The molecule has 0 aliphatic heterocycles. The lowest BCUT2D eigenvalue weighted by atomic mass is 9.47. The van der Waals surface area contributed by atoms with Gasteiger partial charge in [-0.05, 0) is 79.6 Å². The Bertz CT molecular complexity index is 694. The van der Waals surface area contributed by atoms with Crippen LogP contribution in [0.4, 0.5) is 0 Å². The molecule has 1 N–H and O–H groups in total. The lowest BCUT2D eigenvalue weighted by Crippen LogP contribution is -2.50. The molecular weight excluding hydrogens is 326 g/mol. The molecule has 0 aromatic carbocycles. The van der Waals surface area contributed by atoms with E-state index in [4.69, 9.17) is 4.74 Å². The molecule has 0 aromatic rings. The first-order valence-electron chi connectivity index (χ1n) is 10.1. The lowest BCUT2D eigenvalue weighted by Gasteiger charge is -2.57. The third-order valence-corrected chi connectivity index (χ3v) is 8.43. The van der Waals surface area contributed by atoms with Gasteiger partial charge in [0.2, 0.25) is 0 Å². The molecule has 4 aliphatic carbocycles. The van der Waals surface area contributed by atoms with Crippen molar-refractivity contribution >= 4 is 12.2 Å². The average Bonchev–Trinajstić information content (AvgIpc) is 2.99. The highest BCUT2D eigenvalue weighted by molar-refractivity contribution is 5.99. The van der Waals surface area contributed by atoms with Crippen molar-refractivity contribution in [2.45, 2.75) is 71.8 Å². The van der Waals surface area contributed by atoms with Gasteiger partial charge in [0, 0.05) is 6.42 Å². The van der Waals surface area contributed by atoms with E-state index in [2.05, 4.69) is 31.2 Å². The molecule has 142 valence electrons. The zero-order chi connectivity index (χ0) is 18.5. The number of oxime groups is 1. The number of carbonyl (C=O) groups is 1. The summed E-state index contributed by atoms with van der Waals surface area (Å²) in [7, 11) is 0. The molecule has 6 atom stereocenters. The number of hydrogen-bond donors (Lipinski definition) is 1. The molecule has 26 heavy (non-hydrogen) atoms. The van der Waals surface area contributed by atoms with Gasteiger partial charge in [0.25, 0.3) is 6.47 Å². The van der Waals surface area contributed by atoms with E-state index in [-0.39, 0.29) is 16.9 Å². The molecule has 0 radical (unpaired) electrons. The zero-order valence-electron chi connectivity index (χ0n) is 16.2. The topological polar surface area (TPSA) is 58.9 Å². The molecule has 0 bridgehead atoms. The van der Waals surface area contributed by atoms with Crippen LogP contribution < -0.4 is 0 Å². The first-order chi connectivity index (χ1) is 12.4. The summed E-state index contributed by atoms with van der Waals surface area (Å²) >= 11 is 0. The second kappa shape index (κ2) is 6.24. The fourth-order valence-electron chi connectivity index (χ4n) is 7.00. The van der Waals surface area contributed by atoms with Gasteiger partial charge in [-0.1, -0.05) is 36.7 Å². The van der Waals surface area contributed by atoms with E-state index < -0.39 is 0 Å². The Hall–Kier alpha value is -1.58. The van der Waals surface area contributed by atoms with E-state index in [9.17, 15) is 10.0 Å². The molecule has 4 nitrogen and oxygen atoms in total. The molecule has 0 saturated heterocycles. The molecule has 0 aromatic heterocycles. The van der Waals surface area contributed by atoms with Gasteiger partial charge in [0.05, 0.1) is 5.71 Å². The number of nitrogens with zero attached hydrogens (tertiary/aromatic N) is 1. The van der Waals surface area contributed by atoms with Crippen molar-refractivity contribution in [3.63, 3.8) is 0 Å². The number of carbonyl (C=O) groups excluding carboxylic acids is 1. The summed E-state index contributed by atoms with van der Waals surface area (Å²) in [5, 5.41) is 12.8. The van der Waals surface area contributed by atoms with Crippen molar-refractivity contribution in [1.82, 2.24) is 0 Å².